The highest BCUT2D eigenvalue weighted by atomic mass is 16.4. The van der Waals surface area contributed by atoms with Crippen LogP contribution in [0, 0.1) is 5.92 Å². The van der Waals surface area contributed by atoms with Crippen LogP contribution in [0.5, 0.6) is 0 Å². The number of nitrogens with two attached hydrogens (primary N) is 2. The number of rotatable bonds is 14. The van der Waals surface area contributed by atoms with Crippen molar-refractivity contribution in [2.45, 2.75) is 79.2 Å². The number of hydrogen-bond acceptors (Lipinski definition) is 6. The molecule has 12 heteroatoms. The standard InChI is InChI=1S/C15H30N4O3.C4H10N2O.C3H6O2/c1-4-17-15(22)14(11(2)3)19-13(21)10-18-12(20)8-6-5-7-9-16;1-2-3-6-4(5)7;1-2-3(4)5/h11,14H,4-10,16H2,1-3H3,(H,17,22)(H,18,20)(H,19,21);2-3H2,1H3,(H3,5,6,7);2H2,1H3,(H,4,5). The predicted octanol–water partition coefficient (Wildman–Crippen LogP) is 0.444. The fraction of sp³-hybridized carbons (Fsp3) is 0.773. The maximum absolute atomic E-state index is 11.8. The summed E-state index contributed by atoms with van der Waals surface area (Å²) in [4.78, 5) is 54.5. The predicted molar refractivity (Wildman–Crippen MR) is 132 cm³/mol. The molecule has 12 nitrogen and oxygen atoms in total. The molecule has 0 aliphatic carbocycles. The Morgan fingerprint density at radius 3 is 1.85 bits per heavy atom. The Kier molecular flexibility index (Phi) is 26.0. The number of carbonyl (C=O) groups excluding carboxylic acids is 4. The second-order valence-corrected chi connectivity index (χ2v) is 7.60. The molecule has 0 bridgehead atoms. The molecule has 0 radical (unpaired) electrons. The van der Waals surface area contributed by atoms with Crippen molar-refractivity contribution >= 4 is 29.7 Å². The average Bonchev–Trinajstić information content (AvgIpc) is 2.78. The minimum atomic E-state index is -0.745. The van der Waals surface area contributed by atoms with Crippen molar-refractivity contribution < 1.29 is 29.1 Å². The van der Waals surface area contributed by atoms with Crippen LogP contribution in [0.25, 0.3) is 0 Å². The third kappa shape index (κ3) is 27.1. The molecule has 0 saturated heterocycles. The van der Waals surface area contributed by atoms with Crippen LogP contribution in [0.1, 0.15) is 73.1 Å². The summed E-state index contributed by atoms with van der Waals surface area (Å²) < 4.78 is 0. The molecule has 5 amide bonds. The number of hydrogen-bond donors (Lipinski definition) is 7. The number of carboxylic acids is 1. The summed E-state index contributed by atoms with van der Waals surface area (Å²) in [7, 11) is 0. The first-order valence-electron chi connectivity index (χ1n) is 11.7. The average molecular weight is 491 g/mol. The molecule has 0 heterocycles. The first-order valence-corrected chi connectivity index (χ1v) is 11.7. The van der Waals surface area contributed by atoms with E-state index in [4.69, 9.17) is 16.6 Å². The molecule has 0 aliphatic rings. The molecule has 34 heavy (non-hydrogen) atoms. The van der Waals surface area contributed by atoms with Crippen LogP contribution in [0.2, 0.25) is 0 Å². The number of nitrogens with one attached hydrogen (secondary N) is 4. The molecule has 0 fully saturated rings. The van der Waals surface area contributed by atoms with Crippen LogP contribution in [-0.2, 0) is 19.2 Å². The van der Waals surface area contributed by atoms with E-state index in [1.165, 1.54) is 0 Å². The van der Waals surface area contributed by atoms with Crippen LogP contribution in [0.3, 0.4) is 0 Å². The van der Waals surface area contributed by atoms with E-state index in [2.05, 4.69) is 21.3 Å². The monoisotopic (exact) mass is 490 g/mol. The molecule has 9 N–H and O–H groups in total. The molecule has 0 aromatic carbocycles. The van der Waals surface area contributed by atoms with Crippen LogP contribution >= 0.6 is 0 Å². The number of aliphatic carboxylic acids is 1. The third-order valence-corrected chi connectivity index (χ3v) is 4.02. The van der Waals surface area contributed by atoms with E-state index < -0.39 is 18.0 Å². The van der Waals surface area contributed by atoms with Crippen molar-refractivity contribution in [1.82, 2.24) is 21.3 Å². The first kappa shape index (κ1) is 35.7. The minimum absolute atomic E-state index is 0.0255. The zero-order valence-electron chi connectivity index (χ0n) is 21.4. The molecule has 200 valence electrons. The Morgan fingerprint density at radius 2 is 1.47 bits per heavy atom. The second kappa shape index (κ2) is 24.7. The molecule has 0 spiro atoms. The number of amides is 5. The van der Waals surface area contributed by atoms with Crippen molar-refractivity contribution in [2.75, 3.05) is 26.2 Å². The van der Waals surface area contributed by atoms with E-state index in [-0.39, 0.29) is 36.6 Å². The van der Waals surface area contributed by atoms with E-state index in [1.54, 1.807) is 6.92 Å². The van der Waals surface area contributed by atoms with Gasteiger partial charge in [0.15, 0.2) is 0 Å². The number of primary amides is 1. The highest BCUT2D eigenvalue weighted by Gasteiger charge is 2.23. The second-order valence-electron chi connectivity index (χ2n) is 7.60. The van der Waals surface area contributed by atoms with Gasteiger partial charge in [-0.25, -0.2) is 4.79 Å². The topological polar surface area (TPSA) is 206 Å². The maximum Gasteiger partial charge on any atom is 0.312 e. The molecule has 0 aromatic heterocycles. The van der Waals surface area contributed by atoms with E-state index >= 15 is 0 Å². The molecule has 0 aromatic rings. The Bertz CT molecular complexity index is 586. The molecule has 1 unspecified atom stereocenters. The van der Waals surface area contributed by atoms with Gasteiger partial charge in [-0.2, -0.15) is 0 Å². The lowest BCUT2D eigenvalue weighted by atomic mass is 10.0. The molecule has 0 rings (SSSR count). The fourth-order valence-corrected chi connectivity index (χ4v) is 2.17. The fourth-order valence-electron chi connectivity index (χ4n) is 2.17. The van der Waals surface area contributed by atoms with E-state index in [0.717, 1.165) is 25.7 Å². The van der Waals surface area contributed by atoms with Gasteiger partial charge in [0.25, 0.3) is 0 Å². The maximum atomic E-state index is 11.8. The van der Waals surface area contributed by atoms with Crippen LogP contribution in [0.15, 0.2) is 0 Å². The lowest BCUT2D eigenvalue weighted by Crippen LogP contribution is -2.51. The number of urea groups is 1. The SMILES string of the molecule is CCC(=O)O.CCCNC(N)=O.CCNC(=O)C(NC(=O)CNC(=O)CCCCCN)C(C)C. The van der Waals surface area contributed by atoms with Gasteiger partial charge in [-0.3, -0.25) is 19.2 Å². The number of carboxylic acid groups (broad SMARTS) is 1. The number of likely N-dealkylation sites (N-methyl/N-ethyl adjacent to an activating group) is 1. The van der Waals surface area contributed by atoms with Crippen LogP contribution < -0.4 is 32.7 Å². The van der Waals surface area contributed by atoms with Crippen molar-refractivity contribution in [3.8, 4) is 0 Å². The summed E-state index contributed by atoms with van der Waals surface area (Å²) in [6, 6.07) is -1.03. The summed E-state index contributed by atoms with van der Waals surface area (Å²) in [5, 5.41) is 18.1. The van der Waals surface area contributed by atoms with E-state index in [0.29, 0.717) is 26.1 Å². The van der Waals surface area contributed by atoms with Crippen molar-refractivity contribution in [3.05, 3.63) is 0 Å². The van der Waals surface area contributed by atoms with Crippen molar-refractivity contribution in [3.63, 3.8) is 0 Å². The van der Waals surface area contributed by atoms with E-state index in [9.17, 15) is 24.0 Å². The lowest BCUT2D eigenvalue weighted by molar-refractivity contribution is -0.136. The van der Waals surface area contributed by atoms with Gasteiger partial charge in [0.2, 0.25) is 17.7 Å². The van der Waals surface area contributed by atoms with Gasteiger partial charge in [-0.1, -0.05) is 34.1 Å². The van der Waals surface area contributed by atoms with Crippen LogP contribution in [-0.4, -0.2) is 67.0 Å². The molecular weight excluding hydrogens is 444 g/mol. The largest absolute Gasteiger partial charge is 0.481 e. The number of carbonyl (C=O) groups is 5. The lowest BCUT2D eigenvalue weighted by Gasteiger charge is -2.21. The molecule has 0 aliphatic heterocycles. The summed E-state index contributed by atoms with van der Waals surface area (Å²) in [5.74, 6) is -1.50. The van der Waals surface area contributed by atoms with Gasteiger partial charge < -0.3 is 37.8 Å². The smallest absolute Gasteiger partial charge is 0.312 e. The highest BCUT2D eigenvalue weighted by molar-refractivity contribution is 5.90. The van der Waals surface area contributed by atoms with Gasteiger partial charge in [0, 0.05) is 25.9 Å². The summed E-state index contributed by atoms with van der Waals surface area (Å²) >= 11 is 0. The van der Waals surface area contributed by atoms with Crippen LogP contribution in [0.4, 0.5) is 4.79 Å². The highest BCUT2D eigenvalue weighted by Crippen LogP contribution is 2.02. The van der Waals surface area contributed by atoms with Gasteiger partial charge in [-0.05, 0) is 38.6 Å². The quantitative estimate of drug-likeness (QED) is 0.171. The number of unbranched alkanes of at least 4 members (excludes halogenated alkanes) is 2. The zero-order valence-corrected chi connectivity index (χ0v) is 21.4. The summed E-state index contributed by atoms with van der Waals surface area (Å²) in [6.45, 7) is 10.8. The first-order chi connectivity index (χ1) is 16.0. The normalized spacial score (nSPS) is 10.4. The van der Waals surface area contributed by atoms with Crippen molar-refractivity contribution in [2.24, 2.45) is 17.4 Å². The Morgan fingerprint density at radius 1 is 0.882 bits per heavy atom. The Labute approximate surface area is 203 Å². The van der Waals surface area contributed by atoms with Gasteiger partial charge in [-0.15, -0.1) is 0 Å². The van der Waals surface area contributed by atoms with Gasteiger partial charge >= 0.3 is 12.0 Å². The minimum Gasteiger partial charge on any atom is -0.481 e. The van der Waals surface area contributed by atoms with Gasteiger partial charge in [0.1, 0.15) is 6.04 Å². The molecule has 1 atom stereocenters. The Hall–Kier alpha value is -2.89. The molecular formula is C22H46N6O6. The van der Waals surface area contributed by atoms with Crippen molar-refractivity contribution in [1.29, 1.82) is 0 Å². The summed E-state index contributed by atoms with van der Waals surface area (Å²) in [6.07, 6.45) is 4.11. The van der Waals surface area contributed by atoms with Gasteiger partial charge in [0.05, 0.1) is 6.54 Å². The third-order valence-electron chi connectivity index (χ3n) is 4.02. The summed E-state index contributed by atoms with van der Waals surface area (Å²) in [5.41, 5.74) is 10.1. The van der Waals surface area contributed by atoms with E-state index in [1.807, 2.05) is 27.7 Å². The zero-order chi connectivity index (χ0) is 26.9. The molecule has 0 saturated carbocycles. The Balaban J connectivity index is -0.000000654.